The second-order valence-electron chi connectivity index (χ2n) is 5.59. The molecule has 0 spiro atoms. The topological polar surface area (TPSA) is 80.7 Å². The molecule has 1 unspecified atom stereocenters. The Balaban J connectivity index is 0.00000208. The van der Waals surface area contributed by atoms with E-state index in [-0.39, 0.29) is 30.1 Å². The molecule has 0 bridgehead atoms. The molecule has 0 radical (unpaired) electrons. The minimum atomic E-state index is 0. The molecule has 1 aliphatic rings. The number of hydrogen-bond acceptors (Lipinski definition) is 5. The van der Waals surface area contributed by atoms with Crippen LogP contribution in [-0.4, -0.2) is 52.5 Å². The molecule has 132 valence electrons. The van der Waals surface area contributed by atoms with Crippen molar-refractivity contribution in [3.63, 3.8) is 0 Å². The normalized spacial score (nSPS) is 18.4. The van der Waals surface area contributed by atoms with Crippen LogP contribution in [0.3, 0.4) is 0 Å². The zero-order chi connectivity index (χ0) is 16.2. The summed E-state index contributed by atoms with van der Waals surface area (Å²) in [5.74, 6) is 1.62. The number of aliphatic imine (C=N–C) groups is 1. The Kier molecular flexibility index (Phi) is 6.60. The lowest BCUT2D eigenvalue weighted by Crippen LogP contribution is -2.47. The van der Waals surface area contributed by atoms with Crippen molar-refractivity contribution in [3.8, 4) is 0 Å². The van der Waals surface area contributed by atoms with E-state index in [2.05, 4.69) is 25.5 Å². The molecular formula is C15H23IN6O2. The zero-order valence-corrected chi connectivity index (χ0v) is 16.4. The average molecular weight is 446 g/mol. The molecule has 0 saturated carbocycles. The number of morpholine rings is 1. The lowest BCUT2D eigenvalue weighted by Gasteiger charge is -2.34. The second-order valence-corrected chi connectivity index (χ2v) is 5.59. The summed E-state index contributed by atoms with van der Waals surface area (Å²) in [6.07, 6.45) is 3.84. The number of hydrogen-bond donors (Lipinski definition) is 1. The van der Waals surface area contributed by atoms with Crippen LogP contribution in [0.2, 0.25) is 0 Å². The molecule has 1 atom stereocenters. The Morgan fingerprint density at radius 2 is 2.33 bits per heavy atom. The summed E-state index contributed by atoms with van der Waals surface area (Å²) in [6.45, 7) is 4.65. The van der Waals surface area contributed by atoms with Crippen molar-refractivity contribution >= 4 is 29.9 Å². The minimum absolute atomic E-state index is 0. The first-order valence-corrected chi connectivity index (χ1v) is 7.63. The van der Waals surface area contributed by atoms with Gasteiger partial charge in [-0.25, -0.2) is 0 Å². The van der Waals surface area contributed by atoms with E-state index in [9.17, 15) is 0 Å². The van der Waals surface area contributed by atoms with E-state index in [1.165, 1.54) is 0 Å². The largest absolute Gasteiger partial charge is 0.370 e. The van der Waals surface area contributed by atoms with Crippen molar-refractivity contribution in [2.45, 2.75) is 19.6 Å². The number of nitrogens with one attached hydrogen (secondary N) is 1. The summed E-state index contributed by atoms with van der Waals surface area (Å²) in [4.78, 5) is 6.54. The van der Waals surface area contributed by atoms with Crippen molar-refractivity contribution in [3.05, 3.63) is 35.5 Å². The maximum Gasteiger partial charge on any atom is 0.194 e. The highest BCUT2D eigenvalue weighted by molar-refractivity contribution is 14.0. The van der Waals surface area contributed by atoms with Crippen LogP contribution in [0.25, 0.3) is 0 Å². The van der Waals surface area contributed by atoms with Crippen LogP contribution in [-0.2, 0) is 18.3 Å². The van der Waals surface area contributed by atoms with Gasteiger partial charge in [0.2, 0.25) is 0 Å². The highest BCUT2D eigenvalue weighted by Crippen LogP contribution is 2.21. The summed E-state index contributed by atoms with van der Waals surface area (Å²) in [5, 5.41) is 11.4. The van der Waals surface area contributed by atoms with Gasteiger partial charge in [-0.05, 0) is 6.92 Å². The SMILES string of the molecule is CN=C(NCc1cc(C)no1)N1CCOC(c2cnn(C)c2)C1.I. The zero-order valence-electron chi connectivity index (χ0n) is 14.1. The summed E-state index contributed by atoms with van der Waals surface area (Å²) in [5.41, 5.74) is 1.96. The molecule has 2 aromatic heterocycles. The fourth-order valence-electron chi connectivity index (χ4n) is 2.65. The van der Waals surface area contributed by atoms with Crippen LogP contribution in [0, 0.1) is 6.92 Å². The first kappa shape index (κ1) is 18.7. The Labute approximate surface area is 158 Å². The highest BCUT2D eigenvalue weighted by Gasteiger charge is 2.25. The van der Waals surface area contributed by atoms with E-state index in [0.29, 0.717) is 13.2 Å². The van der Waals surface area contributed by atoms with Crippen molar-refractivity contribution in [1.29, 1.82) is 0 Å². The van der Waals surface area contributed by atoms with E-state index in [1.807, 2.05) is 32.4 Å². The molecule has 1 aliphatic heterocycles. The third-order valence-electron chi connectivity index (χ3n) is 3.77. The Hall–Kier alpha value is -1.62. The van der Waals surface area contributed by atoms with Gasteiger partial charge in [0.25, 0.3) is 0 Å². The first-order chi connectivity index (χ1) is 11.2. The molecule has 3 rings (SSSR count). The summed E-state index contributed by atoms with van der Waals surface area (Å²) in [7, 11) is 3.69. The molecule has 0 aliphatic carbocycles. The van der Waals surface area contributed by atoms with Crippen LogP contribution < -0.4 is 5.32 Å². The quantitative estimate of drug-likeness (QED) is 0.437. The fourth-order valence-corrected chi connectivity index (χ4v) is 2.65. The third-order valence-corrected chi connectivity index (χ3v) is 3.77. The number of halogens is 1. The van der Waals surface area contributed by atoms with Crippen LogP contribution >= 0.6 is 24.0 Å². The monoisotopic (exact) mass is 446 g/mol. The van der Waals surface area contributed by atoms with E-state index in [0.717, 1.165) is 36.1 Å². The average Bonchev–Trinajstić information content (AvgIpc) is 3.17. The second kappa shape index (κ2) is 8.47. The molecule has 9 heteroatoms. The first-order valence-electron chi connectivity index (χ1n) is 7.63. The van der Waals surface area contributed by atoms with Crippen molar-refractivity contribution in [2.24, 2.45) is 12.0 Å². The van der Waals surface area contributed by atoms with E-state index in [1.54, 1.807) is 11.7 Å². The number of nitrogens with zero attached hydrogens (tertiary/aromatic N) is 5. The van der Waals surface area contributed by atoms with Crippen molar-refractivity contribution in [2.75, 3.05) is 26.7 Å². The lowest BCUT2D eigenvalue weighted by atomic mass is 10.1. The molecule has 1 saturated heterocycles. The molecular weight excluding hydrogens is 423 g/mol. The van der Waals surface area contributed by atoms with Crippen LogP contribution in [0.5, 0.6) is 0 Å². The molecule has 1 fully saturated rings. The van der Waals surface area contributed by atoms with E-state index >= 15 is 0 Å². The molecule has 1 N–H and O–H groups in total. The molecule has 0 amide bonds. The van der Waals surface area contributed by atoms with Gasteiger partial charge in [0.05, 0.1) is 31.6 Å². The Morgan fingerprint density at radius 3 is 2.96 bits per heavy atom. The predicted octanol–water partition coefficient (Wildman–Crippen LogP) is 1.48. The van der Waals surface area contributed by atoms with E-state index in [4.69, 9.17) is 9.26 Å². The summed E-state index contributed by atoms with van der Waals surface area (Å²) in [6, 6.07) is 1.91. The third kappa shape index (κ3) is 4.47. The summed E-state index contributed by atoms with van der Waals surface area (Å²) >= 11 is 0. The maximum atomic E-state index is 5.86. The Bertz CT molecular complexity index is 683. The van der Waals surface area contributed by atoms with Crippen molar-refractivity contribution in [1.82, 2.24) is 25.2 Å². The number of guanidine groups is 1. The van der Waals surface area contributed by atoms with Crippen LogP contribution in [0.15, 0.2) is 28.0 Å². The number of rotatable bonds is 3. The number of aryl methyl sites for hydroxylation is 2. The molecule has 0 aromatic carbocycles. The lowest BCUT2D eigenvalue weighted by molar-refractivity contribution is -0.00808. The van der Waals surface area contributed by atoms with Gasteiger partial charge in [-0.1, -0.05) is 5.16 Å². The van der Waals surface area contributed by atoms with Gasteiger partial charge in [0.1, 0.15) is 6.10 Å². The predicted molar refractivity (Wildman–Crippen MR) is 100 cm³/mol. The fraction of sp³-hybridized carbons (Fsp3) is 0.533. The van der Waals surface area contributed by atoms with Crippen LogP contribution in [0.4, 0.5) is 0 Å². The van der Waals surface area contributed by atoms with Gasteiger partial charge in [0, 0.05) is 38.5 Å². The molecule has 8 nitrogen and oxygen atoms in total. The number of ether oxygens (including phenoxy) is 1. The highest BCUT2D eigenvalue weighted by atomic mass is 127. The van der Waals surface area contributed by atoms with Gasteiger partial charge in [-0.15, -0.1) is 24.0 Å². The smallest absolute Gasteiger partial charge is 0.194 e. The van der Waals surface area contributed by atoms with Gasteiger partial charge < -0.3 is 19.5 Å². The minimum Gasteiger partial charge on any atom is -0.370 e. The van der Waals surface area contributed by atoms with E-state index < -0.39 is 0 Å². The molecule has 2 aromatic rings. The van der Waals surface area contributed by atoms with Gasteiger partial charge in [-0.2, -0.15) is 5.10 Å². The van der Waals surface area contributed by atoms with Gasteiger partial charge in [-0.3, -0.25) is 9.67 Å². The summed E-state index contributed by atoms with van der Waals surface area (Å²) < 4.78 is 12.9. The van der Waals surface area contributed by atoms with Crippen molar-refractivity contribution < 1.29 is 9.26 Å². The maximum absolute atomic E-state index is 5.86. The standard InChI is InChI=1S/C15H22N6O2.HI/c1-11-6-13(23-19-11)8-17-15(16-2)21-4-5-22-14(10-21)12-7-18-20(3)9-12;/h6-7,9,14H,4-5,8,10H2,1-3H3,(H,16,17);1H. The van der Waals surface area contributed by atoms with Gasteiger partial charge >= 0.3 is 0 Å². The Morgan fingerprint density at radius 1 is 1.50 bits per heavy atom. The van der Waals surface area contributed by atoms with Crippen LogP contribution in [0.1, 0.15) is 23.1 Å². The molecule has 3 heterocycles. The number of aromatic nitrogens is 3. The molecule has 24 heavy (non-hydrogen) atoms. The van der Waals surface area contributed by atoms with Gasteiger partial charge in [0.15, 0.2) is 11.7 Å².